The van der Waals surface area contributed by atoms with Gasteiger partial charge >= 0.3 is 0 Å². The summed E-state index contributed by atoms with van der Waals surface area (Å²) in [6.07, 6.45) is 0. The van der Waals surface area contributed by atoms with Crippen molar-refractivity contribution in [2.75, 3.05) is 77.6 Å². The number of hydrogen-bond donors (Lipinski definition) is 2. The van der Waals surface area contributed by atoms with Crippen LogP contribution in [0, 0.1) is 0 Å². The van der Waals surface area contributed by atoms with Gasteiger partial charge in [-0.25, -0.2) is 0 Å². The third kappa shape index (κ3) is 6.32. The van der Waals surface area contributed by atoms with Crippen molar-refractivity contribution in [3.05, 3.63) is 58.7 Å². The zero-order valence-corrected chi connectivity index (χ0v) is 20.2. The van der Waals surface area contributed by atoms with E-state index < -0.39 is 0 Å². The van der Waals surface area contributed by atoms with E-state index in [1.807, 2.05) is 24.3 Å². The van der Waals surface area contributed by atoms with Gasteiger partial charge in [-0.3, -0.25) is 4.79 Å². The molecule has 0 unspecified atom stereocenters. The second-order valence-electron chi connectivity index (χ2n) is 8.54. The fraction of sp³-hybridized carbons (Fsp3) is 0.500. The first-order valence-corrected chi connectivity index (χ1v) is 11.4. The highest BCUT2D eigenvalue weighted by Crippen LogP contribution is 2.43. The van der Waals surface area contributed by atoms with E-state index in [2.05, 4.69) is 36.6 Å². The first-order chi connectivity index (χ1) is 16.0. The molecule has 0 heterocycles. The van der Waals surface area contributed by atoms with E-state index in [0.29, 0.717) is 52.7 Å². The molecule has 1 aliphatic carbocycles. The van der Waals surface area contributed by atoms with Gasteiger partial charge in [-0.1, -0.05) is 13.8 Å². The third-order valence-electron chi connectivity index (χ3n) is 5.89. The first kappa shape index (κ1) is 25.2. The fourth-order valence-electron chi connectivity index (χ4n) is 4.05. The highest BCUT2D eigenvalue weighted by Gasteiger charge is 2.37. The van der Waals surface area contributed by atoms with Gasteiger partial charge in [-0.05, 0) is 47.5 Å². The number of fused-ring (bicyclic) bond motifs is 2. The molecule has 0 bridgehead atoms. The number of methoxy groups -OCH3 is 2. The summed E-state index contributed by atoms with van der Waals surface area (Å²) in [7, 11) is 3.32. The van der Waals surface area contributed by atoms with Gasteiger partial charge in [0, 0.05) is 55.2 Å². The molecule has 2 N–H and O–H groups in total. The summed E-state index contributed by atoms with van der Waals surface area (Å²) in [5.41, 5.74) is 5.25. The van der Waals surface area contributed by atoms with E-state index in [-0.39, 0.29) is 11.2 Å². The molecule has 0 saturated heterocycles. The summed E-state index contributed by atoms with van der Waals surface area (Å²) in [5.74, 6) is 0.0724. The second kappa shape index (κ2) is 12.1. The molecule has 7 heteroatoms. The molecule has 33 heavy (non-hydrogen) atoms. The smallest absolute Gasteiger partial charge is 0.193 e. The molecule has 0 saturated carbocycles. The van der Waals surface area contributed by atoms with Gasteiger partial charge < -0.3 is 29.6 Å². The number of ketones is 1. The molecule has 0 spiro atoms. The average molecular weight is 457 g/mol. The van der Waals surface area contributed by atoms with Crippen molar-refractivity contribution < 1.29 is 23.7 Å². The van der Waals surface area contributed by atoms with Gasteiger partial charge in [0.1, 0.15) is 0 Å². The van der Waals surface area contributed by atoms with Crippen LogP contribution in [0.4, 0.5) is 11.4 Å². The van der Waals surface area contributed by atoms with Crippen molar-refractivity contribution in [2.24, 2.45) is 0 Å². The summed E-state index contributed by atoms with van der Waals surface area (Å²) in [4.78, 5) is 13.2. The minimum absolute atomic E-state index is 0.0724. The fourth-order valence-corrected chi connectivity index (χ4v) is 4.05. The Kier molecular flexibility index (Phi) is 9.26. The van der Waals surface area contributed by atoms with Crippen molar-refractivity contribution in [3.63, 3.8) is 0 Å². The zero-order chi connectivity index (χ0) is 23.7. The van der Waals surface area contributed by atoms with E-state index in [9.17, 15) is 4.79 Å². The number of anilines is 2. The largest absolute Gasteiger partial charge is 0.383 e. The molecular weight excluding hydrogens is 420 g/mol. The van der Waals surface area contributed by atoms with Crippen LogP contribution in [0.2, 0.25) is 0 Å². The Bertz CT molecular complexity index is 857. The van der Waals surface area contributed by atoms with Crippen LogP contribution in [0.3, 0.4) is 0 Å². The first-order valence-electron chi connectivity index (χ1n) is 11.4. The number of carbonyl (C=O) groups is 1. The van der Waals surface area contributed by atoms with Crippen molar-refractivity contribution in [1.29, 1.82) is 0 Å². The van der Waals surface area contributed by atoms with E-state index in [1.54, 1.807) is 14.2 Å². The van der Waals surface area contributed by atoms with Crippen LogP contribution >= 0.6 is 0 Å². The quantitative estimate of drug-likeness (QED) is 0.420. The van der Waals surface area contributed by atoms with E-state index in [4.69, 9.17) is 18.9 Å². The molecule has 3 rings (SSSR count). The molecule has 180 valence electrons. The van der Waals surface area contributed by atoms with Crippen LogP contribution < -0.4 is 10.6 Å². The Balaban J connectivity index is 1.69. The number of nitrogens with one attached hydrogen (secondary N) is 2. The zero-order valence-electron chi connectivity index (χ0n) is 20.2. The molecule has 1 aliphatic rings. The van der Waals surface area contributed by atoms with Gasteiger partial charge in [0.05, 0.1) is 39.6 Å². The van der Waals surface area contributed by atoms with Gasteiger partial charge in [0.2, 0.25) is 0 Å². The number of rotatable bonds is 14. The lowest BCUT2D eigenvalue weighted by Crippen LogP contribution is -2.31. The average Bonchev–Trinajstić information content (AvgIpc) is 2.82. The maximum absolute atomic E-state index is 13.2. The Morgan fingerprint density at radius 3 is 1.58 bits per heavy atom. The molecule has 0 radical (unpaired) electrons. The summed E-state index contributed by atoms with van der Waals surface area (Å²) >= 11 is 0. The Morgan fingerprint density at radius 2 is 1.15 bits per heavy atom. The number of hydrogen-bond acceptors (Lipinski definition) is 7. The van der Waals surface area contributed by atoms with Gasteiger partial charge in [-0.2, -0.15) is 0 Å². The normalized spacial score (nSPS) is 14.0. The van der Waals surface area contributed by atoms with E-state index in [0.717, 1.165) is 33.6 Å². The lowest BCUT2D eigenvalue weighted by atomic mass is 9.68. The predicted molar refractivity (Wildman–Crippen MR) is 131 cm³/mol. The van der Waals surface area contributed by atoms with E-state index >= 15 is 0 Å². The maximum Gasteiger partial charge on any atom is 0.193 e. The van der Waals surface area contributed by atoms with Crippen molar-refractivity contribution in [1.82, 2.24) is 0 Å². The van der Waals surface area contributed by atoms with Crippen LogP contribution in [0.5, 0.6) is 0 Å². The maximum atomic E-state index is 13.2. The molecule has 0 atom stereocenters. The predicted octanol–water partition coefficient (Wildman–Crippen LogP) is 3.71. The Labute approximate surface area is 196 Å². The minimum Gasteiger partial charge on any atom is -0.383 e. The number of benzene rings is 2. The summed E-state index contributed by atoms with van der Waals surface area (Å²) in [5, 5.41) is 6.79. The topological polar surface area (TPSA) is 78.1 Å². The van der Waals surface area contributed by atoms with Crippen LogP contribution in [0.25, 0.3) is 0 Å². The molecule has 0 aromatic heterocycles. The molecule has 2 aromatic rings. The molecule has 0 aliphatic heterocycles. The second-order valence-corrected chi connectivity index (χ2v) is 8.54. The molecule has 2 aromatic carbocycles. The lowest BCUT2D eigenvalue weighted by molar-refractivity contribution is 0.0759. The highest BCUT2D eigenvalue weighted by atomic mass is 16.5. The Hall–Kier alpha value is -2.45. The summed E-state index contributed by atoms with van der Waals surface area (Å²) < 4.78 is 21.0. The van der Waals surface area contributed by atoms with Gasteiger partial charge in [0.15, 0.2) is 5.78 Å². The van der Waals surface area contributed by atoms with Crippen molar-refractivity contribution >= 4 is 17.2 Å². The summed E-state index contributed by atoms with van der Waals surface area (Å²) in [6, 6.07) is 12.0. The van der Waals surface area contributed by atoms with Gasteiger partial charge in [0.25, 0.3) is 0 Å². The Morgan fingerprint density at radius 1 is 0.697 bits per heavy atom. The SMILES string of the molecule is COCCOCCNc1ccc2c(c1)C(C)(C)c1cc(NCCOCCOC)ccc1C2=O. The van der Waals surface area contributed by atoms with Crippen molar-refractivity contribution in [2.45, 2.75) is 19.3 Å². The van der Waals surface area contributed by atoms with Gasteiger partial charge in [-0.15, -0.1) is 0 Å². The highest BCUT2D eigenvalue weighted by molar-refractivity contribution is 6.13. The van der Waals surface area contributed by atoms with E-state index in [1.165, 1.54) is 0 Å². The third-order valence-corrected chi connectivity index (χ3v) is 5.89. The van der Waals surface area contributed by atoms with Crippen molar-refractivity contribution in [3.8, 4) is 0 Å². The molecular formula is C26H36N2O5. The summed E-state index contributed by atoms with van der Waals surface area (Å²) in [6.45, 7) is 9.25. The van der Waals surface area contributed by atoms with Crippen LogP contribution in [-0.4, -0.2) is 72.7 Å². The monoisotopic (exact) mass is 456 g/mol. The standard InChI is InChI=1S/C26H36N2O5/c1-26(2)23-17-19(27-9-11-32-15-13-30-3)5-7-21(23)25(29)22-8-6-20(18-24(22)26)28-10-12-33-16-14-31-4/h5-8,17-18,27-28H,9-16H2,1-4H3. The number of ether oxygens (including phenoxy) is 4. The van der Waals surface area contributed by atoms with Crippen LogP contribution in [0.1, 0.15) is 40.9 Å². The number of carbonyl (C=O) groups excluding carboxylic acids is 1. The minimum atomic E-state index is -0.308. The lowest BCUT2D eigenvalue weighted by Gasteiger charge is -2.35. The van der Waals surface area contributed by atoms with Crippen LogP contribution in [0.15, 0.2) is 36.4 Å². The molecule has 7 nitrogen and oxygen atoms in total. The molecule has 0 amide bonds. The van der Waals surface area contributed by atoms with Crippen LogP contribution in [-0.2, 0) is 24.4 Å². The molecule has 0 fully saturated rings.